The molecule has 0 amide bonds. The molecular formula is C24H28F3NO2. The molecule has 30 heavy (non-hydrogen) atoms. The highest BCUT2D eigenvalue weighted by atomic mass is 19.4. The molecule has 0 aliphatic heterocycles. The molecule has 0 heterocycles. The Morgan fingerprint density at radius 2 is 1.73 bits per heavy atom. The summed E-state index contributed by atoms with van der Waals surface area (Å²) in [5.41, 5.74) is 3.68. The maximum absolute atomic E-state index is 13.2. The van der Waals surface area contributed by atoms with Gasteiger partial charge in [-0.2, -0.15) is 13.2 Å². The Balaban J connectivity index is 2.69. The van der Waals surface area contributed by atoms with Crippen LogP contribution in [-0.4, -0.2) is 12.6 Å². The van der Waals surface area contributed by atoms with E-state index in [9.17, 15) is 18.0 Å². The van der Waals surface area contributed by atoms with E-state index in [0.29, 0.717) is 28.9 Å². The van der Waals surface area contributed by atoms with Crippen LogP contribution in [0.15, 0.2) is 53.7 Å². The summed E-state index contributed by atoms with van der Waals surface area (Å²) in [6.45, 7) is 9.73. The molecule has 0 aliphatic rings. The van der Waals surface area contributed by atoms with Gasteiger partial charge in [0.25, 0.3) is 0 Å². The second-order valence-electron chi connectivity index (χ2n) is 7.04. The average Bonchev–Trinajstić information content (AvgIpc) is 2.71. The Bertz CT molecular complexity index is 932. The van der Waals surface area contributed by atoms with Gasteiger partial charge in [-0.25, -0.2) is 4.79 Å². The minimum Gasteiger partial charge on any atom is -0.462 e. The second-order valence-corrected chi connectivity index (χ2v) is 7.04. The van der Waals surface area contributed by atoms with E-state index < -0.39 is 17.7 Å². The number of allylic oxidation sites excluding steroid dienone is 2. The summed E-state index contributed by atoms with van der Waals surface area (Å²) in [4.78, 5) is 14.2. The zero-order valence-corrected chi connectivity index (χ0v) is 18.1. The number of aryl methyl sites for hydroxylation is 1. The molecule has 6 heteroatoms. The van der Waals surface area contributed by atoms with Crippen LogP contribution in [0.1, 0.15) is 62.0 Å². The Kier molecular flexibility index (Phi) is 7.71. The highest BCUT2D eigenvalue weighted by Crippen LogP contribution is 2.38. The van der Waals surface area contributed by atoms with Gasteiger partial charge in [0, 0.05) is 17.1 Å². The first kappa shape index (κ1) is 23.5. The summed E-state index contributed by atoms with van der Waals surface area (Å²) in [6, 6.07) is 10.7. The van der Waals surface area contributed by atoms with Gasteiger partial charge in [0.15, 0.2) is 0 Å². The van der Waals surface area contributed by atoms with E-state index in [1.54, 1.807) is 32.0 Å². The topological polar surface area (TPSA) is 29.5 Å². The van der Waals surface area contributed by atoms with Gasteiger partial charge < -0.3 is 9.64 Å². The molecule has 0 saturated heterocycles. The Morgan fingerprint density at radius 1 is 1.03 bits per heavy atom. The SMILES string of the molecule is CCOC(=O)c1cccc(N(/C(CC)=C(\C)CC)c2ccc(C(F)(F)F)cc2C)c1. The number of hydrogen-bond donors (Lipinski definition) is 0. The van der Waals surface area contributed by atoms with Crippen molar-refractivity contribution in [3.05, 3.63) is 70.4 Å². The molecule has 0 saturated carbocycles. The highest BCUT2D eigenvalue weighted by Gasteiger charge is 2.31. The van der Waals surface area contributed by atoms with E-state index in [1.165, 1.54) is 6.07 Å². The standard InChI is InChI=1S/C24H28F3NO2/c1-6-16(4)21(7-2)28(20-11-9-10-18(15-20)23(29)30-8-3)22-13-12-19(14-17(22)5)24(25,26)27/h9-15H,6-8H2,1-5H3/b21-16+. The van der Waals surface area contributed by atoms with Crippen LogP contribution in [0.3, 0.4) is 0 Å². The lowest BCUT2D eigenvalue weighted by molar-refractivity contribution is -0.137. The number of carbonyl (C=O) groups is 1. The van der Waals surface area contributed by atoms with E-state index in [1.807, 2.05) is 31.7 Å². The Hall–Kier alpha value is -2.76. The van der Waals surface area contributed by atoms with Crippen LogP contribution in [-0.2, 0) is 10.9 Å². The number of ether oxygens (including phenoxy) is 1. The Morgan fingerprint density at radius 3 is 2.27 bits per heavy atom. The summed E-state index contributed by atoms with van der Waals surface area (Å²) < 4.78 is 44.6. The summed E-state index contributed by atoms with van der Waals surface area (Å²) in [5, 5.41) is 0. The van der Waals surface area contributed by atoms with Crippen molar-refractivity contribution in [1.82, 2.24) is 0 Å². The monoisotopic (exact) mass is 419 g/mol. The van der Waals surface area contributed by atoms with Gasteiger partial charge in [0.1, 0.15) is 0 Å². The molecule has 0 spiro atoms. The van der Waals surface area contributed by atoms with Gasteiger partial charge in [-0.3, -0.25) is 0 Å². The quantitative estimate of drug-likeness (QED) is 0.437. The number of halogens is 3. The number of benzene rings is 2. The van der Waals surface area contributed by atoms with Crippen LogP contribution in [0.25, 0.3) is 0 Å². The molecule has 0 bridgehead atoms. The third-order valence-corrected chi connectivity index (χ3v) is 5.01. The molecule has 0 atom stereocenters. The van der Waals surface area contributed by atoms with Crippen LogP contribution >= 0.6 is 0 Å². The molecule has 0 radical (unpaired) electrons. The van der Waals surface area contributed by atoms with Gasteiger partial charge in [0.05, 0.1) is 17.7 Å². The van der Waals surface area contributed by atoms with Crippen molar-refractivity contribution in [1.29, 1.82) is 0 Å². The summed E-state index contributed by atoms with van der Waals surface area (Å²) in [7, 11) is 0. The van der Waals surface area contributed by atoms with Crippen molar-refractivity contribution < 1.29 is 22.7 Å². The van der Waals surface area contributed by atoms with Gasteiger partial charge in [-0.15, -0.1) is 0 Å². The van der Waals surface area contributed by atoms with Crippen molar-refractivity contribution in [3.8, 4) is 0 Å². The fourth-order valence-electron chi connectivity index (χ4n) is 3.36. The lowest BCUT2D eigenvalue weighted by Gasteiger charge is -2.31. The van der Waals surface area contributed by atoms with Gasteiger partial charge in [0.2, 0.25) is 0 Å². The number of rotatable bonds is 7. The molecule has 2 aromatic rings. The average molecular weight is 419 g/mol. The molecule has 0 aliphatic carbocycles. The van der Waals surface area contributed by atoms with Crippen LogP contribution < -0.4 is 4.90 Å². The first-order chi connectivity index (χ1) is 14.1. The smallest absolute Gasteiger partial charge is 0.416 e. The lowest BCUT2D eigenvalue weighted by atomic mass is 10.0. The largest absolute Gasteiger partial charge is 0.462 e. The summed E-state index contributed by atoms with van der Waals surface area (Å²) >= 11 is 0. The number of nitrogens with zero attached hydrogens (tertiary/aromatic N) is 1. The van der Waals surface area contributed by atoms with Crippen LogP contribution in [0.5, 0.6) is 0 Å². The zero-order chi connectivity index (χ0) is 22.5. The van der Waals surface area contributed by atoms with Crippen molar-refractivity contribution in [2.75, 3.05) is 11.5 Å². The predicted octanol–water partition coefficient (Wildman–Crippen LogP) is 7.42. The number of esters is 1. The molecular weight excluding hydrogens is 391 g/mol. The van der Waals surface area contributed by atoms with E-state index >= 15 is 0 Å². The van der Waals surface area contributed by atoms with Crippen molar-refractivity contribution in [3.63, 3.8) is 0 Å². The van der Waals surface area contributed by atoms with E-state index in [2.05, 4.69) is 0 Å². The van der Waals surface area contributed by atoms with E-state index in [4.69, 9.17) is 4.74 Å². The molecule has 0 unspecified atom stereocenters. The number of hydrogen-bond acceptors (Lipinski definition) is 3. The third-order valence-electron chi connectivity index (χ3n) is 5.01. The predicted molar refractivity (Wildman–Crippen MR) is 114 cm³/mol. The normalized spacial score (nSPS) is 12.4. The second kappa shape index (κ2) is 9.83. The molecule has 0 N–H and O–H groups in total. The number of alkyl halides is 3. The molecule has 0 aromatic heterocycles. The first-order valence-electron chi connectivity index (χ1n) is 10.1. The van der Waals surface area contributed by atoms with Gasteiger partial charge >= 0.3 is 12.1 Å². The van der Waals surface area contributed by atoms with Gasteiger partial charge in [-0.1, -0.05) is 25.5 Å². The van der Waals surface area contributed by atoms with Crippen LogP contribution in [0.4, 0.5) is 24.5 Å². The minimum atomic E-state index is -4.40. The van der Waals surface area contributed by atoms with E-state index in [-0.39, 0.29) is 6.61 Å². The fraction of sp³-hybridized carbons (Fsp3) is 0.375. The zero-order valence-electron chi connectivity index (χ0n) is 18.1. The summed E-state index contributed by atoms with van der Waals surface area (Å²) in [5.74, 6) is -0.433. The first-order valence-corrected chi connectivity index (χ1v) is 10.1. The summed E-state index contributed by atoms with van der Waals surface area (Å²) in [6.07, 6.45) is -2.92. The number of carbonyl (C=O) groups excluding carboxylic acids is 1. The fourth-order valence-corrected chi connectivity index (χ4v) is 3.36. The van der Waals surface area contributed by atoms with Crippen molar-refractivity contribution in [2.45, 2.75) is 53.6 Å². The molecule has 2 aromatic carbocycles. The van der Waals surface area contributed by atoms with Crippen molar-refractivity contribution >= 4 is 17.3 Å². The highest BCUT2D eigenvalue weighted by molar-refractivity contribution is 5.91. The van der Waals surface area contributed by atoms with Crippen molar-refractivity contribution in [2.24, 2.45) is 0 Å². The molecule has 0 fully saturated rings. The maximum Gasteiger partial charge on any atom is 0.416 e. The minimum absolute atomic E-state index is 0.264. The van der Waals surface area contributed by atoms with Crippen LogP contribution in [0, 0.1) is 6.92 Å². The van der Waals surface area contributed by atoms with E-state index in [0.717, 1.165) is 29.8 Å². The third kappa shape index (κ3) is 5.23. The number of anilines is 2. The lowest BCUT2D eigenvalue weighted by Crippen LogP contribution is -2.20. The maximum atomic E-state index is 13.2. The Labute approximate surface area is 176 Å². The van der Waals surface area contributed by atoms with Gasteiger partial charge in [-0.05, 0) is 75.6 Å². The van der Waals surface area contributed by atoms with Crippen LogP contribution in [0.2, 0.25) is 0 Å². The molecule has 162 valence electrons. The molecule has 2 rings (SSSR count). The molecule has 3 nitrogen and oxygen atoms in total.